The van der Waals surface area contributed by atoms with Crippen LogP contribution in [0.3, 0.4) is 0 Å². The van der Waals surface area contributed by atoms with Gasteiger partial charge >= 0.3 is 0 Å². The van der Waals surface area contributed by atoms with E-state index in [9.17, 15) is 18.0 Å². The Morgan fingerprint density at radius 3 is 2.78 bits per heavy atom. The zero-order valence-corrected chi connectivity index (χ0v) is 21.4. The summed E-state index contributed by atoms with van der Waals surface area (Å²) in [5.41, 5.74) is -1.20. The Hall–Kier alpha value is -2.69. The fraction of sp³-hybridized carbons (Fsp3) is 0.480. The van der Waals surface area contributed by atoms with Gasteiger partial charge in [0.25, 0.3) is 0 Å². The Morgan fingerprint density at radius 2 is 2.11 bits per heavy atom. The maximum Gasteiger partial charge on any atom is 0.238 e. The highest BCUT2D eigenvalue weighted by Gasteiger charge is 2.60. The van der Waals surface area contributed by atoms with Crippen LogP contribution in [-0.2, 0) is 19.4 Å². The van der Waals surface area contributed by atoms with Crippen molar-refractivity contribution < 1.29 is 27.5 Å². The topological polar surface area (TPSA) is 124 Å². The second-order valence-corrected chi connectivity index (χ2v) is 12.4. The molecule has 3 fully saturated rings. The van der Waals surface area contributed by atoms with Crippen LogP contribution < -0.4 is 20.1 Å². The number of hydrogen-bond acceptors (Lipinski definition) is 8. The maximum absolute atomic E-state index is 13.1. The molecule has 3 aliphatic rings. The van der Waals surface area contributed by atoms with E-state index in [1.165, 1.54) is 0 Å². The number of ether oxygens (including phenoxy) is 2. The molecule has 11 heteroatoms. The third-order valence-electron chi connectivity index (χ3n) is 7.17. The normalized spacial score (nSPS) is 27.4. The average molecular weight is 534 g/mol. The van der Waals surface area contributed by atoms with E-state index in [-0.39, 0.29) is 23.1 Å². The van der Waals surface area contributed by atoms with Crippen molar-refractivity contribution in [2.75, 3.05) is 19.4 Å². The molecule has 2 heterocycles. The van der Waals surface area contributed by atoms with Crippen LogP contribution in [0.5, 0.6) is 11.6 Å². The minimum absolute atomic E-state index is 0.275. The first-order valence-corrected chi connectivity index (χ1v) is 14.0. The van der Waals surface area contributed by atoms with Crippen LogP contribution >= 0.6 is 11.6 Å². The lowest BCUT2D eigenvalue weighted by Crippen LogP contribution is -2.52. The lowest BCUT2D eigenvalue weighted by Gasteiger charge is -2.20. The minimum atomic E-state index is -3.48. The van der Waals surface area contributed by atoms with Gasteiger partial charge in [0.1, 0.15) is 28.3 Å². The second kappa shape index (κ2) is 9.32. The maximum atomic E-state index is 13.1. The summed E-state index contributed by atoms with van der Waals surface area (Å²) < 4.78 is 36.1. The number of sulfone groups is 1. The number of pyridine rings is 1. The number of nitrogens with zero attached hydrogens (tertiary/aromatic N) is 1. The quantitative estimate of drug-likeness (QED) is 0.352. The molecule has 2 aromatic rings. The highest BCUT2D eigenvalue weighted by molar-refractivity contribution is 7.93. The Labute approximate surface area is 214 Å². The molecular formula is C25H28ClN3O6S. The fourth-order valence-electron chi connectivity index (χ4n) is 4.81. The smallest absolute Gasteiger partial charge is 0.238 e. The van der Waals surface area contributed by atoms with E-state index in [1.54, 1.807) is 25.3 Å². The van der Waals surface area contributed by atoms with E-state index in [0.717, 1.165) is 10.8 Å². The predicted octanol–water partition coefficient (Wildman–Crippen LogP) is 2.21. The monoisotopic (exact) mass is 533 g/mol. The number of carbonyl (C=O) groups excluding carboxylic acids is 2. The minimum Gasteiger partial charge on any atom is -0.497 e. The summed E-state index contributed by atoms with van der Waals surface area (Å²) in [5.74, 6) is -0.625. The number of ketones is 1. The largest absolute Gasteiger partial charge is 0.497 e. The number of Topliss-reactive ketones (excluding diaryl/α,β-unsaturated/α-hetero) is 1. The van der Waals surface area contributed by atoms with Crippen LogP contribution in [0.15, 0.2) is 36.9 Å². The fourth-order valence-corrected chi connectivity index (χ4v) is 6.72. The Kier molecular flexibility index (Phi) is 6.46. The van der Waals surface area contributed by atoms with Crippen molar-refractivity contribution in [1.82, 2.24) is 15.6 Å². The van der Waals surface area contributed by atoms with Crippen molar-refractivity contribution in [3.63, 3.8) is 0 Å². The van der Waals surface area contributed by atoms with Gasteiger partial charge in [0.05, 0.1) is 18.4 Å². The van der Waals surface area contributed by atoms with Gasteiger partial charge in [-0.1, -0.05) is 17.7 Å². The molecule has 2 aliphatic carbocycles. The molecule has 0 bridgehead atoms. The van der Waals surface area contributed by atoms with Gasteiger partial charge in [-0.2, -0.15) is 0 Å². The summed E-state index contributed by atoms with van der Waals surface area (Å²) in [6.07, 6.45) is 3.14. The van der Waals surface area contributed by atoms with Gasteiger partial charge in [-0.25, -0.2) is 13.4 Å². The number of nitrogens with one attached hydrogen (secondary N) is 2. The number of carbonyl (C=O) groups is 2. The lowest BCUT2D eigenvalue weighted by atomic mass is 10.1. The van der Waals surface area contributed by atoms with Crippen LogP contribution in [0, 0.1) is 5.92 Å². The number of amides is 1. The van der Waals surface area contributed by atoms with E-state index >= 15 is 0 Å². The molecule has 5 rings (SSSR count). The van der Waals surface area contributed by atoms with Gasteiger partial charge in [0.15, 0.2) is 15.6 Å². The predicted molar refractivity (Wildman–Crippen MR) is 135 cm³/mol. The SMILES string of the molecule is C=C[C@@H]1C[C@]1(NC(=O)[C@@H]1C[C@@H](Oc2nc(Cl)cc3cc(OC)ccc23)CN1)C(=O)CS(=O)(=O)C1CC1. The molecular weight excluding hydrogens is 506 g/mol. The average Bonchev–Trinajstić information content (AvgIpc) is 3.76. The molecule has 2 N–H and O–H groups in total. The van der Waals surface area contributed by atoms with E-state index in [1.807, 2.05) is 12.1 Å². The molecule has 1 aliphatic heterocycles. The van der Waals surface area contributed by atoms with E-state index < -0.39 is 38.2 Å². The number of aromatic nitrogens is 1. The number of methoxy groups -OCH3 is 1. The summed E-state index contributed by atoms with van der Waals surface area (Å²) in [6, 6.07) is 6.61. The first kappa shape index (κ1) is 25.0. The molecule has 192 valence electrons. The Morgan fingerprint density at radius 1 is 1.33 bits per heavy atom. The van der Waals surface area contributed by atoms with Crippen molar-refractivity contribution in [2.24, 2.45) is 5.92 Å². The molecule has 36 heavy (non-hydrogen) atoms. The summed E-state index contributed by atoms with van der Waals surface area (Å²) in [5, 5.41) is 7.39. The molecule has 9 nitrogen and oxygen atoms in total. The van der Waals surface area contributed by atoms with Crippen LogP contribution in [0.4, 0.5) is 0 Å². The first-order valence-electron chi connectivity index (χ1n) is 11.9. The molecule has 1 amide bonds. The van der Waals surface area contributed by atoms with Gasteiger partial charge in [-0.3, -0.25) is 9.59 Å². The summed E-state index contributed by atoms with van der Waals surface area (Å²) in [6.45, 7) is 4.13. The molecule has 1 saturated heterocycles. The van der Waals surface area contributed by atoms with E-state index in [4.69, 9.17) is 21.1 Å². The standard InChI is InChI=1S/C25H28ClN3O6S/c1-3-15-11-25(15,21(30)13-36(32,33)18-5-6-18)29-23(31)20-10-17(12-27-20)35-24-19-7-4-16(34-2)8-14(19)9-22(26)28-24/h3-4,7-9,15,17-18,20,27H,1,5-6,10-13H2,2H3,(H,29,31)/t15-,17-,20+,25-/m1/s1. The molecule has 0 spiro atoms. The highest BCUT2D eigenvalue weighted by Crippen LogP contribution is 2.46. The molecule has 1 aromatic carbocycles. The van der Waals surface area contributed by atoms with Crippen LogP contribution in [0.2, 0.25) is 5.15 Å². The summed E-state index contributed by atoms with van der Waals surface area (Å²) in [4.78, 5) is 30.4. The van der Waals surface area contributed by atoms with Crippen molar-refractivity contribution >= 4 is 43.9 Å². The van der Waals surface area contributed by atoms with Gasteiger partial charge in [0.2, 0.25) is 11.8 Å². The van der Waals surface area contributed by atoms with Crippen molar-refractivity contribution in [1.29, 1.82) is 0 Å². The van der Waals surface area contributed by atoms with Crippen molar-refractivity contribution in [3.05, 3.63) is 42.1 Å². The zero-order valence-electron chi connectivity index (χ0n) is 19.8. The van der Waals surface area contributed by atoms with E-state index in [2.05, 4.69) is 22.2 Å². The first-order chi connectivity index (χ1) is 17.1. The molecule has 0 radical (unpaired) electrons. The van der Waals surface area contributed by atoms with Gasteiger partial charge in [-0.15, -0.1) is 6.58 Å². The molecule has 4 atom stereocenters. The van der Waals surface area contributed by atoms with Crippen LogP contribution in [0.1, 0.15) is 25.7 Å². The van der Waals surface area contributed by atoms with E-state index in [0.29, 0.717) is 43.9 Å². The summed E-state index contributed by atoms with van der Waals surface area (Å²) in [7, 11) is -1.90. The van der Waals surface area contributed by atoms with Crippen molar-refractivity contribution in [2.45, 2.75) is 48.6 Å². The van der Waals surface area contributed by atoms with Gasteiger partial charge in [0, 0.05) is 24.3 Å². The number of rotatable bonds is 10. The van der Waals surface area contributed by atoms with Gasteiger partial charge in [-0.05, 0) is 48.9 Å². The number of halogens is 1. The number of fused-ring (bicyclic) bond motifs is 1. The molecule has 2 saturated carbocycles. The Balaban J connectivity index is 1.25. The van der Waals surface area contributed by atoms with Crippen molar-refractivity contribution in [3.8, 4) is 11.6 Å². The van der Waals surface area contributed by atoms with Crippen LogP contribution in [-0.4, -0.2) is 67.4 Å². The lowest BCUT2D eigenvalue weighted by molar-refractivity contribution is -0.129. The second-order valence-electron chi connectivity index (χ2n) is 9.71. The Bertz CT molecular complexity index is 1340. The molecule has 0 unspecified atom stereocenters. The highest BCUT2D eigenvalue weighted by atomic mass is 35.5. The van der Waals surface area contributed by atoms with Crippen LogP contribution in [0.25, 0.3) is 10.8 Å². The summed E-state index contributed by atoms with van der Waals surface area (Å²) >= 11 is 6.20. The van der Waals surface area contributed by atoms with Gasteiger partial charge < -0.3 is 20.1 Å². The molecule has 1 aromatic heterocycles. The third kappa shape index (κ3) is 4.81. The number of benzene rings is 1. The third-order valence-corrected chi connectivity index (χ3v) is 9.51. The number of hydrogen-bond donors (Lipinski definition) is 2. The zero-order chi connectivity index (χ0) is 25.7.